The molecule has 3 aromatic rings. The van der Waals surface area contributed by atoms with Gasteiger partial charge >= 0.3 is 0 Å². The summed E-state index contributed by atoms with van der Waals surface area (Å²) in [6.45, 7) is 4.06. The molecule has 0 spiro atoms. The highest BCUT2D eigenvalue weighted by molar-refractivity contribution is 7.99. The summed E-state index contributed by atoms with van der Waals surface area (Å²) in [5.41, 5.74) is 1.89. The Balaban J connectivity index is 1.77. The van der Waals surface area contributed by atoms with Crippen LogP contribution in [0.1, 0.15) is 23.6 Å². The second-order valence-electron chi connectivity index (χ2n) is 5.28. The SMILES string of the molecule is Cc1ccccc1SC(C)c1nnc(-c2ccc([N+](=O)[O-])cc2)o1. The summed E-state index contributed by atoms with van der Waals surface area (Å²) >= 11 is 1.65. The van der Waals surface area contributed by atoms with Crippen LogP contribution in [0.4, 0.5) is 5.69 Å². The van der Waals surface area contributed by atoms with Crippen molar-refractivity contribution in [2.45, 2.75) is 24.0 Å². The van der Waals surface area contributed by atoms with E-state index in [0.717, 1.165) is 0 Å². The highest BCUT2D eigenvalue weighted by atomic mass is 32.2. The van der Waals surface area contributed by atoms with Gasteiger partial charge in [-0.3, -0.25) is 10.1 Å². The van der Waals surface area contributed by atoms with Crippen molar-refractivity contribution in [1.82, 2.24) is 10.2 Å². The molecule has 7 heteroatoms. The third kappa shape index (κ3) is 3.46. The van der Waals surface area contributed by atoms with Crippen molar-refractivity contribution in [2.24, 2.45) is 0 Å². The second kappa shape index (κ2) is 6.84. The highest BCUT2D eigenvalue weighted by Gasteiger charge is 2.17. The van der Waals surface area contributed by atoms with Crippen LogP contribution in [0.3, 0.4) is 0 Å². The number of hydrogen-bond donors (Lipinski definition) is 0. The molecule has 24 heavy (non-hydrogen) atoms. The van der Waals surface area contributed by atoms with Gasteiger partial charge in [-0.1, -0.05) is 18.2 Å². The van der Waals surface area contributed by atoms with Crippen LogP contribution in [0, 0.1) is 17.0 Å². The minimum absolute atomic E-state index is 0.00500. The topological polar surface area (TPSA) is 82.1 Å². The molecule has 3 rings (SSSR count). The van der Waals surface area contributed by atoms with Gasteiger partial charge in [-0.25, -0.2) is 0 Å². The molecular formula is C17H15N3O3S. The first kappa shape index (κ1) is 16.2. The standard InChI is InChI=1S/C17H15N3O3S/c1-11-5-3-4-6-15(11)24-12(2)16-18-19-17(23-16)13-7-9-14(10-8-13)20(21)22/h3-10,12H,1-2H3. The Morgan fingerprint density at radius 2 is 1.83 bits per heavy atom. The number of rotatable bonds is 5. The maximum Gasteiger partial charge on any atom is 0.269 e. The van der Waals surface area contributed by atoms with Crippen molar-refractivity contribution in [3.05, 3.63) is 70.1 Å². The van der Waals surface area contributed by atoms with Gasteiger partial charge in [0, 0.05) is 22.6 Å². The van der Waals surface area contributed by atoms with E-state index >= 15 is 0 Å². The van der Waals surface area contributed by atoms with E-state index in [4.69, 9.17) is 4.42 Å². The molecule has 0 bridgehead atoms. The van der Waals surface area contributed by atoms with Gasteiger partial charge < -0.3 is 4.42 Å². The second-order valence-corrected chi connectivity index (χ2v) is 6.66. The molecule has 2 aromatic carbocycles. The number of aryl methyl sites for hydroxylation is 1. The Kier molecular flexibility index (Phi) is 4.61. The summed E-state index contributed by atoms with van der Waals surface area (Å²) in [5, 5.41) is 18.9. The van der Waals surface area contributed by atoms with E-state index in [-0.39, 0.29) is 10.9 Å². The Morgan fingerprint density at radius 1 is 1.12 bits per heavy atom. The zero-order valence-corrected chi connectivity index (χ0v) is 14.0. The monoisotopic (exact) mass is 341 g/mol. The number of nitro benzene ring substituents is 1. The van der Waals surface area contributed by atoms with Crippen molar-refractivity contribution in [1.29, 1.82) is 0 Å². The van der Waals surface area contributed by atoms with Gasteiger partial charge in [-0.05, 0) is 37.6 Å². The van der Waals surface area contributed by atoms with Crippen molar-refractivity contribution < 1.29 is 9.34 Å². The van der Waals surface area contributed by atoms with Crippen molar-refractivity contribution in [2.75, 3.05) is 0 Å². The predicted molar refractivity (Wildman–Crippen MR) is 91.8 cm³/mol. The molecular weight excluding hydrogens is 326 g/mol. The normalized spacial score (nSPS) is 12.1. The quantitative estimate of drug-likeness (QED) is 0.376. The van der Waals surface area contributed by atoms with Crippen LogP contribution in [-0.2, 0) is 0 Å². The predicted octanol–water partition coefficient (Wildman–Crippen LogP) is 4.81. The number of thioether (sulfide) groups is 1. The third-order valence-corrected chi connectivity index (χ3v) is 4.78. The van der Waals surface area contributed by atoms with Crippen LogP contribution in [0.2, 0.25) is 0 Å². The maximum atomic E-state index is 10.7. The summed E-state index contributed by atoms with van der Waals surface area (Å²) in [5.74, 6) is 0.883. The van der Waals surface area contributed by atoms with E-state index < -0.39 is 4.92 Å². The fraction of sp³-hybridized carbons (Fsp3) is 0.176. The molecule has 0 saturated carbocycles. The fourth-order valence-corrected chi connectivity index (χ4v) is 3.16. The number of nitrogens with zero attached hydrogens (tertiary/aromatic N) is 3. The molecule has 6 nitrogen and oxygen atoms in total. The van der Waals surface area contributed by atoms with Gasteiger partial charge in [-0.15, -0.1) is 22.0 Å². The van der Waals surface area contributed by atoms with Crippen molar-refractivity contribution >= 4 is 17.4 Å². The first-order valence-electron chi connectivity index (χ1n) is 7.35. The van der Waals surface area contributed by atoms with Crippen LogP contribution < -0.4 is 0 Å². The van der Waals surface area contributed by atoms with Gasteiger partial charge in [0.05, 0.1) is 10.2 Å². The molecule has 0 amide bonds. The van der Waals surface area contributed by atoms with Crippen LogP contribution in [0.5, 0.6) is 0 Å². The Labute approximate surface area is 143 Å². The van der Waals surface area contributed by atoms with E-state index in [0.29, 0.717) is 17.3 Å². The van der Waals surface area contributed by atoms with Crippen LogP contribution >= 0.6 is 11.8 Å². The molecule has 0 N–H and O–H groups in total. The molecule has 1 unspecified atom stereocenters. The summed E-state index contributed by atoms with van der Waals surface area (Å²) in [4.78, 5) is 11.4. The van der Waals surface area contributed by atoms with Crippen LogP contribution in [0.25, 0.3) is 11.5 Å². The first-order valence-corrected chi connectivity index (χ1v) is 8.23. The highest BCUT2D eigenvalue weighted by Crippen LogP contribution is 2.36. The van der Waals surface area contributed by atoms with Crippen molar-refractivity contribution in [3.63, 3.8) is 0 Å². The smallest absolute Gasteiger partial charge is 0.269 e. The lowest BCUT2D eigenvalue weighted by atomic mass is 10.2. The average Bonchev–Trinajstić information content (AvgIpc) is 3.07. The van der Waals surface area contributed by atoms with E-state index in [1.807, 2.05) is 19.1 Å². The van der Waals surface area contributed by atoms with Gasteiger partial charge in [0.15, 0.2) is 0 Å². The summed E-state index contributed by atoms with van der Waals surface area (Å²) in [6, 6.07) is 14.2. The Bertz CT molecular complexity index is 862. The molecule has 0 aliphatic heterocycles. The molecule has 122 valence electrons. The van der Waals surface area contributed by atoms with E-state index in [1.165, 1.54) is 22.6 Å². The Morgan fingerprint density at radius 3 is 2.50 bits per heavy atom. The average molecular weight is 341 g/mol. The molecule has 1 heterocycles. The number of benzene rings is 2. The molecule has 0 aliphatic rings. The maximum absolute atomic E-state index is 10.7. The molecule has 1 aromatic heterocycles. The first-order chi connectivity index (χ1) is 11.5. The summed E-state index contributed by atoms with van der Waals surface area (Å²) in [6.07, 6.45) is 0. The number of nitro groups is 1. The van der Waals surface area contributed by atoms with Gasteiger partial charge in [-0.2, -0.15) is 0 Å². The fourth-order valence-electron chi connectivity index (χ4n) is 2.17. The summed E-state index contributed by atoms with van der Waals surface area (Å²) in [7, 11) is 0. The number of hydrogen-bond acceptors (Lipinski definition) is 6. The number of aromatic nitrogens is 2. The largest absolute Gasteiger partial charge is 0.419 e. The van der Waals surface area contributed by atoms with Crippen LogP contribution in [-0.4, -0.2) is 15.1 Å². The van der Waals surface area contributed by atoms with Crippen LogP contribution in [0.15, 0.2) is 57.8 Å². The molecule has 0 radical (unpaired) electrons. The molecule has 0 fully saturated rings. The zero-order chi connectivity index (χ0) is 17.1. The Hall–Kier alpha value is -2.67. The van der Waals surface area contributed by atoms with E-state index in [9.17, 15) is 10.1 Å². The molecule has 0 saturated heterocycles. The lowest BCUT2D eigenvalue weighted by Crippen LogP contribution is -1.89. The van der Waals surface area contributed by atoms with Gasteiger partial charge in [0.2, 0.25) is 11.8 Å². The van der Waals surface area contributed by atoms with E-state index in [1.54, 1.807) is 23.9 Å². The molecule has 0 aliphatic carbocycles. The van der Waals surface area contributed by atoms with Crippen molar-refractivity contribution in [3.8, 4) is 11.5 Å². The van der Waals surface area contributed by atoms with E-state index in [2.05, 4.69) is 29.3 Å². The lowest BCUT2D eigenvalue weighted by molar-refractivity contribution is -0.384. The number of non-ortho nitro benzene ring substituents is 1. The minimum atomic E-state index is -0.441. The summed E-state index contributed by atoms with van der Waals surface area (Å²) < 4.78 is 5.73. The van der Waals surface area contributed by atoms with Gasteiger partial charge in [0.1, 0.15) is 0 Å². The minimum Gasteiger partial charge on any atom is -0.419 e. The van der Waals surface area contributed by atoms with Gasteiger partial charge in [0.25, 0.3) is 5.69 Å². The lowest BCUT2D eigenvalue weighted by Gasteiger charge is -2.08. The third-order valence-electron chi connectivity index (χ3n) is 3.51. The zero-order valence-electron chi connectivity index (χ0n) is 13.2. The molecule has 1 atom stereocenters.